The lowest BCUT2D eigenvalue weighted by Gasteiger charge is -2.38. The fraction of sp³-hybridized carbons (Fsp3) is 0.562. The van der Waals surface area contributed by atoms with E-state index in [9.17, 15) is 9.18 Å². The normalized spacial score (nSPS) is 21.0. The molecule has 1 aliphatic heterocycles. The molecule has 1 aliphatic rings. The van der Waals surface area contributed by atoms with Crippen LogP contribution in [-0.4, -0.2) is 43.2 Å². The standard InChI is InChI=1S/C16H23FN2O2/c1-4-21-16(20)15-10-18-7-8-19(15)12(3)13-6-5-11(2)14(17)9-13/h5-6,9,12,15,18H,4,7-8,10H2,1-3H3. The van der Waals surface area contributed by atoms with E-state index in [0.29, 0.717) is 18.7 Å². The minimum absolute atomic E-state index is 0.0309. The van der Waals surface area contributed by atoms with Crippen molar-refractivity contribution in [1.29, 1.82) is 0 Å². The molecule has 0 radical (unpaired) electrons. The zero-order valence-electron chi connectivity index (χ0n) is 12.9. The molecule has 0 amide bonds. The van der Waals surface area contributed by atoms with Gasteiger partial charge in [0.05, 0.1) is 6.61 Å². The molecule has 1 N–H and O–H groups in total. The van der Waals surface area contributed by atoms with E-state index in [1.807, 2.05) is 13.0 Å². The van der Waals surface area contributed by atoms with Gasteiger partial charge in [0.25, 0.3) is 0 Å². The molecule has 0 aromatic heterocycles. The highest BCUT2D eigenvalue weighted by molar-refractivity contribution is 5.76. The number of benzene rings is 1. The SMILES string of the molecule is CCOC(=O)C1CNCCN1C(C)c1ccc(C)c(F)c1. The Balaban J connectivity index is 2.19. The van der Waals surface area contributed by atoms with E-state index in [1.54, 1.807) is 26.0 Å². The van der Waals surface area contributed by atoms with Crippen LogP contribution in [-0.2, 0) is 9.53 Å². The molecule has 21 heavy (non-hydrogen) atoms. The smallest absolute Gasteiger partial charge is 0.324 e. The molecule has 0 spiro atoms. The predicted molar refractivity (Wildman–Crippen MR) is 79.5 cm³/mol. The van der Waals surface area contributed by atoms with Crippen LogP contribution in [0.5, 0.6) is 0 Å². The summed E-state index contributed by atoms with van der Waals surface area (Å²) < 4.78 is 18.9. The monoisotopic (exact) mass is 294 g/mol. The maximum Gasteiger partial charge on any atom is 0.324 e. The first-order valence-electron chi connectivity index (χ1n) is 7.43. The molecule has 1 heterocycles. The summed E-state index contributed by atoms with van der Waals surface area (Å²) >= 11 is 0. The van der Waals surface area contributed by atoms with Crippen LogP contribution < -0.4 is 5.32 Å². The van der Waals surface area contributed by atoms with Gasteiger partial charge in [-0.1, -0.05) is 12.1 Å². The minimum atomic E-state index is -0.321. The zero-order valence-corrected chi connectivity index (χ0v) is 12.9. The van der Waals surface area contributed by atoms with Crippen LogP contribution in [0.25, 0.3) is 0 Å². The summed E-state index contributed by atoms with van der Waals surface area (Å²) in [6.07, 6.45) is 0. The molecule has 2 atom stereocenters. The molecule has 0 bridgehead atoms. The molecule has 4 nitrogen and oxygen atoms in total. The van der Waals surface area contributed by atoms with Crippen LogP contribution in [0, 0.1) is 12.7 Å². The number of ether oxygens (including phenoxy) is 1. The van der Waals surface area contributed by atoms with Crippen LogP contribution in [0.2, 0.25) is 0 Å². The van der Waals surface area contributed by atoms with Crippen molar-refractivity contribution in [3.8, 4) is 0 Å². The van der Waals surface area contributed by atoms with Crippen molar-refractivity contribution in [2.45, 2.75) is 32.9 Å². The largest absolute Gasteiger partial charge is 0.465 e. The first-order valence-corrected chi connectivity index (χ1v) is 7.43. The second-order valence-corrected chi connectivity index (χ2v) is 5.39. The highest BCUT2D eigenvalue weighted by Gasteiger charge is 2.33. The van der Waals surface area contributed by atoms with E-state index in [1.165, 1.54) is 0 Å². The molecule has 1 aromatic carbocycles. The Morgan fingerprint density at radius 2 is 2.33 bits per heavy atom. The second-order valence-electron chi connectivity index (χ2n) is 5.39. The molecule has 116 valence electrons. The quantitative estimate of drug-likeness (QED) is 0.863. The molecule has 2 unspecified atom stereocenters. The van der Waals surface area contributed by atoms with Crippen molar-refractivity contribution in [1.82, 2.24) is 10.2 Å². The van der Waals surface area contributed by atoms with E-state index in [0.717, 1.165) is 18.7 Å². The van der Waals surface area contributed by atoms with E-state index < -0.39 is 0 Å². The molecule has 1 fully saturated rings. The Morgan fingerprint density at radius 3 is 3.00 bits per heavy atom. The minimum Gasteiger partial charge on any atom is -0.465 e. The third-order valence-electron chi connectivity index (χ3n) is 4.02. The number of hydrogen-bond acceptors (Lipinski definition) is 4. The van der Waals surface area contributed by atoms with E-state index >= 15 is 0 Å². The van der Waals surface area contributed by atoms with Crippen LogP contribution in [0.15, 0.2) is 18.2 Å². The van der Waals surface area contributed by atoms with Gasteiger partial charge in [0.2, 0.25) is 0 Å². The van der Waals surface area contributed by atoms with Gasteiger partial charge in [-0.25, -0.2) is 4.39 Å². The fourth-order valence-electron chi connectivity index (χ4n) is 2.70. The van der Waals surface area contributed by atoms with Crippen LogP contribution in [0.1, 0.15) is 31.0 Å². The van der Waals surface area contributed by atoms with Crippen LogP contribution in [0.3, 0.4) is 0 Å². The summed E-state index contributed by atoms with van der Waals surface area (Å²) in [6.45, 7) is 8.04. The van der Waals surface area contributed by atoms with Crippen LogP contribution >= 0.6 is 0 Å². The van der Waals surface area contributed by atoms with E-state index in [2.05, 4.69) is 10.2 Å². The fourth-order valence-corrected chi connectivity index (χ4v) is 2.70. The third kappa shape index (κ3) is 3.60. The number of piperazine rings is 1. The van der Waals surface area contributed by atoms with Gasteiger partial charge in [-0.05, 0) is 38.0 Å². The number of rotatable bonds is 4. The lowest BCUT2D eigenvalue weighted by Crippen LogP contribution is -2.56. The highest BCUT2D eigenvalue weighted by atomic mass is 19.1. The van der Waals surface area contributed by atoms with Crippen molar-refractivity contribution in [3.63, 3.8) is 0 Å². The van der Waals surface area contributed by atoms with Crippen molar-refractivity contribution in [2.75, 3.05) is 26.2 Å². The number of aryl methyl sites for hydroxylation is 1. The number of nitrogens with zero attached hydrogens (tertiary/aromatic N) is 1. The highest BCUT2D eigenvalue weighted by Crippen LogP contribution is 2.25. The molecule has 0 saturated carbocycles. The van der Waals surface area contributed by atoms with Gasteiger partial charge in [0.1, 0.15) is 11.9 Å². The van der Waals surface area contributed by atoms with Gasteiger partial charge in [-0.3, -0.25) is 9.69 Å². The Hall–Kier alpha value is -1.46. The summed E-state index contributed by atoms with van der Waals surface area (Å²) in [4.78, 5) is 14.2. The molecular formula is C16H23FN2O2. The number of carbonyl (C=O) groups excluding carboxylic acids is 1. The zero-order chi connectivity index (χ0) is 15.4. The molecule has 0 aliphatic carbocycles. The van der Waals surface area contributed by atoms with Crippen molar-refractivity contribution < 1.29 is 13.9 Å². The lowest BCUT2D eigenvalue weighted by atomic mass is 10.0. The van der Waals surface area contributed by atoms with Gasteiger partial charge >= 0.3 is 5.97 Å². The summed E-state index contributed by atoms with van der Waals surface area (Å²) in [5.74, 6) is -0.425. The topological polar surface area (TPSA) is 41.6 Å². The molecule has 1 aromatic rings. The van der Waals surface area contributed by atoms with Crippen molar-refractivity contribution >= 4 is 5.97 Å². The van der Waals surface area contributed by atoms with Gasteiger partial charge in [-0.15, -0.1) is 0 Å². The molecular weight excluding hydrogens is 271 g/mol. The van der Waals surface area contributed by atoms with Crippen LogP contribution in [0.4, 0.5) is 4.39 Å². The van der Waals surface area contributed by atoms with E-state index in [-0.39, 0.29) is 23.9 Å². The second kappa shape index (κ2) is 7.00. The number of nitrogens with one attached hydrogen (secondary N) is 1. The van der Waals surface area contributed by atoms with Gasteiger partial charge in [0.15, 0.2) is 0 Å². The maximum atomic E-state index is 13.8. The third-order valence-corrected chi connectivity index (χ3v) is 4.02. The van der Waals surface area contributed by atoms with Crippen molar-refractivity contribution in [2.24, 2.45) is 0 Å². The first-order chi connectivity index (χ1) is 10.0. The number of halogens is 1. The van der Waals surface area contributed by atoms with E-state index in [4.69, 9.17) is 4.74 Å². The molecule has 5 heteroatoms. The Bertz CT molecular complexity index is 507. The summed E-state index contributed by atoms with van der Waals surface area (Å²) in [7, 11) is 0. The number of esters is 1. The number of carbonyl (C=O) groups is 1. The Morgan fingerprint density at radius 1 is 1.57 bits per heavy atom. The molecule has 2 rings (SSSR count). The predicted octanol–water partition coefficient (Wildman–Crippen LogP) is 2.03. The molecule has 1 saturated heterocycles. The average Bonchev–Trinajstić information content (AvgIpc) is 2.49. The lowest BCUT2D eigenvalue weighted by molar-refractivity contribution is -0.151. The van der Waals surface area contributed by atoms with Crippen molar-refractivity contribution in [3.05, 3.63) is 35.1 Å². The summed E-state index contributed by atoms with van der Waals surface area (Å²) in [6, 6.07) is 4.91. The average molecular weight is 294 g/mol. The maximum absolute atomic E-state index is 13.8. The van der Waals surface area contributed by atoms with Gasteiger partial charge < -0.3 is 10.1 Å². The van der Waals surface area contributed by atoms with Gasteiger partial charge in [-0.2, -0.15) is 0 Å². The number of hydrogen-bond donors (Lipinski definition) is 1. The summed E-state index contributed by atoms with van der Waals surface area (Å²) in [5.41, 5.74) is 1.52. The first kappa shape index (κ1) is 15.9. The Labute approximate surface area is 125 Å². The summed E-state index contributed by atoms with van der Waals surface area (Å²) in [5, 5.41) is 3.21. The van der Waals surface area contributed by atoms with Gasteiger partial charge in [0, 0.05) is 25.7 Å². The Kier molecular flexibility index (Phi) is 5.31.